The predicted molar refractivity (Wildman–Crippen MR) is 189 cm³/mol. The first-order chi connectivity index (χ1) is 27.7. The lowest BCUT2D eigenvalue weighted by Crippen LogP contribution is -2.64. The van der Waals surface area contributed by atoms with Crippen LogP contribution < -0.4 is 0 Å². The van der Waals surface area contributed by atoms with Gasteiger partial charge in [-0.3, -0.25) is 57.5 Å². The molecule has 0 aromatic heterocycles. The molecule has 0 radical (unpaired) electrons. The first kappa shape index (κ1) is 53.6. The Bertz CT molecular complexity index is 1490. The third kappa shape index (κ3) is 20.9. The van der Waals surface area contributed by atoms with Gasteiger partial charge in [-0.05, 0) is 0 Å². The van der Waals surface area contributed by atoms with E-state index in [4.69, 9.17) is 56.8 Å². The molecule has 0 aromatic rings. The van der Waals surface area contributed by atoms with Crippen molar-refractivity contribution in [2.75, 3.05) is 13.2 Å². The molecule has 0 aliphatic rings. The van der Waals surface area contributed by atoms with Crippen LogP contribution in [0.3, 0.4) is 0 Å². The van der Waals surface area contributed by atoms with Gasteiger partial charge in [-0.15, -0.1) is 0 Å². The molecular formula is C36H50O24. The number of hydrogen-bond acceptors (Lipinski definition) is 24. The maximum atomic E-state index is 12.9. The Morgan fingerprint density at radius 2 is 0.383 bits per heavy atom. The summed E-state index contributed by atoms with van der Waals surface area (Å²) < 4.78 is 64.2. The molecule has 0 saturated carbocycles. The number of rotatable bonds is 23. The minimum Gasteiger partial charge on any atom is -0.462 e. The Kier molecular flexibility index (Phi) is 23.1. The van der Waals surface area contributed by atoms with E-state index in [9.17, 15) is 57.5 Å². The summed E-state index contributed by atoms with van der Waals surface area (Å²) in [6, 6.07) is 0. The molecule has 0 heterocycles. The highest BCUT2D eigenvalue weighted by Gasteiger charge is 2.57. The highest BCUT2D eigenvalue weighted by Crippen LogP contribution is 2.31. The van der Waals surface area contributed by atoms with Crippen molar-refractivity contribution in [3.8, 4) is 0 Å². The van der Waals surface area contributed by atoms with E-state index in [1.165, 1.54) is 0 Å². The van der Waals surface area contributed by atoms with Crippen molar-refractivity contribution >= 4 is 71.6 Å². The van der Waals surface area contributed by atoms with Crippen molar-refractivity contribution in [1.29, 1.82) is 0 Å². The standard InChI is InChI=1S/C36H50O24/c1-15(37)49-13-27(51-17(3)39)29(53-19(5)41)31(55-21(7)43)33(57-23(9)45)35(59-25(11)47)36(60-26(12)48)34(58-24(10)46)32(56-22(8)44)30(54-20(6)42)28(52-18(4)40)14-50-16(2)38/h27-36H,13-14H2,1-12H3/t27-,28+,29-,30-,31+,32+,33+,34+,35-,36+/m1/s1. The molecule has 0 aliphatic carbocycles. The van der Waals surface area contributed by atoms with E-state index in [-0.39, 0.29) is 0 Å². The molecule has 0 amide bonds. The molecule has 24 nitrogen and oxygen atoms in total. The third-order valence-corrected chi connectivity index (χ3v) is 6.95. The van der Waals surface area contributed by atoms with Gasteiger partial charge in [-0.1, -0.05) is 0 Å². The van der Waals surface area contributed by atoms with Crippen molar-refractivity contribution in [1.82, 2.24) is 0 Å². The van der Waals surface area contributed by atoms with Gasteiger partial charge in [0, 0.05) is 83.1 Å². The number of carbonyl (C=O) groups excluding carboxylic acids is 12. The Hall–Kier alpha value is -6.36. The van der Waals surface area contributed by atoms with Gasteiger partial charge in [0.25, 0.3) is 0 Å². The van der Waals surface area contributed by atoms with Crippen LogP contribution in [0.1, 0.15) is 83.1 Å². The van der Waals surface area contributed by atoms with E-state index in [2.05, 4.69) is 0 Å². The van der Waals surface area contributed by atoms with Crippen LogP contribution in [0, 0.1) is 0 Å². The van der Waals surface area contributed by atoms with Gasteiger partial charge in [0.1, 0.15) is 13.2 Å². The fourth-order valence-corrected chi connectivity index (χ4v) is 5.39. The van der Waals surface area contributed by atoms with E-state index in [1.807, 2.05) is 0 Å². The minimum absolute atomic E-state index is 0.775. The number of carbonyl (C=O) groups is 12. The first-order valence-corrected chi connectivity index (χ1v) is 17.6. The van der Waals surface area contributed by atoms with Crippen LogP contribution >= 0.6 is 0 Å². The van der Waals surface area contributed by atoms with Crippen molar-refractivity contribution in [2.45, 2.75) is 144 Å². The molecule has 0 spiro atoms. The van der Waals surface area contributed by atoms with Gasteiger partial charge in [0.05, 0.1) is 0 Å². The zero-order valence-electron chi connectivity index (χ0n) is 35.0. The largest absolute Gasteiger partial charge is 0.462 e. The maximum absolute atomic E-state index is 12.9. The van der Waals surface area contributed by atoms with Crippen LogP contribution in [0.4, 0.5) is 0 Å². The molecule has 0 saturated heterocycles. The Balaban J connectivity index is 8.75. The van der Waals surface area contributed by atoms with Crippen LogP contribution in [0.5, 0.6) is 0 Å². The second-order valence-electron chi connectivity index (χ2n) is 12.5. The summed E-state index contributed by atoms with van der Waals surface area (Å²) in [5, 5.41) is 0. The van der Waals surface area contributed by atoms with Crippen LogP contribution in [0.25, 0.3) is 0 Å². The molecule has 60 heavy (non-hydrogen) atoms. The fraction of sp³-hybridized carbons (Fsp3) is 0.667. The third-order valence-electron chi connectivity index (χ3n) is 6.95. The molecule has 24 heteroatoms. The van der Waals surface area contributed by atoms with E-state index in [0.29, 0.717) is 0 Å². The molecule has 0 bridgehead atoms. The number of hydrogen-bond donors (Lipinski definition) is 0. The lowest BCUT2D eigenvalue weighted by molar-refractivity contribution is -0.240. The summed E-state index contributed by atoms with van der Waals surface area (Å²) >= 11 is 0. The average molecular weight is 867 g/mol. The van der Waals surface area contributed by atoms with Crippen molar-refractivity contribution in [3.63, 3.8) is 0 Å². The van der Waals surface area contributed by atoms with Crippen molar-refractivity contribution in [3.05, 3.63) is 0 Å². The minimum atomic E-state index is -2.47. The number of ether oxygens (including phenoxy) is 12. The van der Waals surface area contributed by atoms with Crippen molar-refractivity contribution in [2.24, 2.45) is 0 Å². The summed E-state index contributed by atoms with van der Waals surface area (Å²) in [5.41, 5.74) is 0. The van der Waals surface area contributed by atoms with Crippen LogP contribution in [0.2, 0.25) is 0 Å². The Morgan fingerprint density at radius 3 is 0.533 bits per heavy atom. The summed E-state index contributed by atoms with van der Waals surface area (Å²) in [6.07, 6.45) is -22.6. The molecule has 0 rings (SSSR count). The quantitative estimate of drug-likeness (QED) is 0.0917. The van der Waals surface area contributed by atoms with Crippen LogP contribution in [-0.2, 0) is 114 Å². The first-order valence-electron chi connectivity index (χ1n) is 17.6. The monoisotopic (exact) mass is 866 g/mol. The SMILES string of the molecule is CC(=O)OC[C@H](OC(C)=O)[C@@H](OC(C)=O)[C@H](OC(C)=O)[C@H](OC(C)=O)[C@H](OC(C)=O)[C@H](OC(C)=O)[C@@H](OC(C)=O)[C@@H](OC(C)=O)[C@H](OC(C)=O)[C@@H](COC(C)=O)OC(C)=O. The highest BCUT2D eigenvalue weighted by molar-refractivity contribution is 5.72. The average Bonchev–Trinajstić information content (AvgIpc) is 3.06. The van der Waals surface area contributed by atoms with Gasteiger partial charge in [-0.25, -0.2) is 0 Å². The summed E-state index contributed by atoms with van der Waals surface area (Å²) in [6.45, 7) is 8.25. The number of esters is 12. The van der Waals surface area contributed by atoms with Crippen molar-refractivity contribution < 1.29 is 114 Å². The molecule has 0 aliphatic heterocycles. The molecule has 0 fully saturated rings. The lowest BCUT2D eigenvalue weighted by Gasteiger charge is -2.43. The van der Waals surface area contributed by atoms with Crippen LogP contribution in [0.15, 0.2) is 0 Å². The molecule has 0 N–H and O–H groups in total. The highest BCUT2D eigenvalue weighted by atomic mass is 16.7. The maximum Gasteiger partial charge on any atom is 0.303 e. The van der Waals surface area contributed by atoms with E-state index < -0.39 is 146 Å². The zero-order chi connectivity index (χ0) is 46.6. The van der Waals surface area contributed by atoms with Gasteiger partial charge in [-0.2, -0.15) is 0 Å². The van der Waals surface area contributed by atoms with Gasteiger partial charge >= 0.3 is 71.6 Å². The smallest absolute Gasteiger partial charge is 0.303 e. The second-order valence-corrected chi connectivity index (χ2v) is 12.5. The summed E-state index contributed by atoms with van der Waals surface area (Å²) in [5.74, 6) is -14.1. The van der Waals surface area contributed by atoms with Gasteiger partial charge in [0.2, 0.25) is 0 Å². The van der Waals surface area contributed by atoms with Crippen LogP contribution in [-0.4, -0.2) is 146 Å². The summed E-state index contributed by atoms with van der Waals surface area (Å²) in [4.78, 5) is 151. The zero-order valence-corrected chi connectivity index (χ0v) is 35.0. The molecule has 0 aromatic carbocycles. The Morgan fingerprint density at radius 1 is 0.233 bits per heavy atom. The van der Waals surface area contributed by atoms with Gasteiger partial charge < -0.3 is 56.8 Å². The van der Waals surface area contributed by atoms with Gasteiger partial charge in [0.15, 0.2) is 61.0 Å². The molecular weight excluding hydrogens is 816 g/mol. The van der Waals surface area contributed by atoms with E-state index >= 15 is 0 Å². The topological polar surface area (TPSA) is 316 Å². The van der Waals surface area contributed by atoms with E-state index in [0.717, 1.165) is 83.1 Å². The Labute approximate surface area is 343 Å². The molecule has 338 valence electrons. The van der Waals surface area contributed by atoms with E-state index in [1.54, 1.807) is 0 Å². The molecule has 10 atom stereocenters. The lowest BCUT2D eigenvalue weighted by atomic mass is 9.89. The fourth-order valence-electron chi connectivity index (χ4n) is 5.39. The molecule has 0 unspecified atom stereocenters. The second kappa shape index (κ2) is 25.9. The predicted octanol–water partition coefficient (Wildman–Crippen LogP) is -0.570. The summed E-state index contributed by atoms with van der Waals surface area (Å²) in [7, 11) is 0. The normalized spacial score (nSPS) is 15.6.